The summed E-state index contributed by atoms with van der Waals surface area (Å²) in [6.07, 6.45) is 1.03. The first kappa shape index (κ1) is 81.3. The number of benzene rings is 10. The van der Waals surface area contributed by atoms with E-state index in [4.69, 9.17) is 4.74 Å². The molecule has 3 nitrogen and oxygen atoms in total. The number of ether oxygens (including phenoxy) is 1. The van der Waals surface area contributed by atoms with E-state index in [2.05, 4.69) is 215 Å². The molecule has 0 aromatic heterocycles. The van der Waals surface area contributed by atoms with Gasteiger partial charge in [-0.25, -0.2) is 0 Å². The summed E-state index contributed by atoms with van der Waals surface area (Å²) in [7, 11) is 0. The van der Waals surface area contributed by atoms with E-state index in [0.717, 1.165) is 29.0 Å². The van der Waals surface area contributed by atoms with E-state index in [1.807, 2.05) is 170 Å². The fraction of sp³-hybridized carbons (Fsp3) is 0.287. The van der Waals surface area contributed by atoms with Gasteiger partial charge in [0.05, 0.1) is 0 Å². The summed E-state index contributed by atoms with van der Waals surface area (Å²) in [5.74, 6) is 1.70. The Morgan fingerprint density at radius 2 is 0.567 bits per heavy atom. The molecule has 0 unspecified atom stereocenters. The second-order valence-electron chi connectivity index (χ2n) is 20.5. The zero-order valence-corrected chi connectivity index (χ0v) is 59.9. The van der Waals surface area contributed by atoms with Gasteiger partial charge >= 0.3 is 0 Å². The van der Waals surface area contributed by atoms with Crippen molar-refractivity contribution in [2.45, 2.75) is 173 Å². The summed E-state index contributed by atoms with van der Waals surface area (Å²) in [4.78, 5) is 24.9. The summed E-state index contributed by atoms with van der Waals surface area (Å²) in [5.41, 5.74) is 22.5. The van der Waals surface area contributed by atoms with Crippen molar-refractivity contribution in [2.24, 2.45) is 0 Å². The van der Waals surface area contributed by atoms with Crippen LogP contribution in [-0.4, -0.2) is 11.6 Å². The molecule has 0 saturated heterocycles. The van der Waals surface area contributed by atoms with Crippen molar-refractivity contribution in [1.29, 1.82) is 0 Å². The first-order valence-electron chi connectivity index (χ1n) is 32.8. The molecule has 0 bridgehead atoms. The van der Waals surface area contributed by atoms with Gasteiger partial charge in [-0.05, 0) is 169 Å². The lowest BCUT2D eigenvalue weighted by molar-refractivity contribution is 0.0978. The van der Waals surface area contributed by atoms with Crippen LogP contribution in [0, 0.1) is 83.1 Å². The molecule has 0 atom stereocenters. The Labute approximate surface area is 548 Å². The Morgan fingerprint density at radius 3 is 0.944 bits per heavy atom. The third-order valence-corrected chi connectivity index (χ3v) is 13.1. The van der Waals surface area contributed by atoms with Gasteiger partial charge in [0.2, 0.25) is 0 Å². The highest BCUT2D eigenvalue weighted by Gasteiger charge is 2.31. The van der Waals surface area contributed by atoms with E-state index >= 15 is 0 Å². The van der Waals surface area contributed by atoms with Crippen molar-refractivity contribution in [1.82, 2.24) is 0 Å². The summed E-state index contributed by atoms with van der Waals surface area (Å²) < 4.78 is 5.74. The zero-order valence-electron chi connectivity index (χ0n) is 59.9. The summed E-state index contributed by atoms with van der Waals surface area (Å²) in [5, 5.41) is 0. The van der Waals surface area contributed by atoms with E-state index in [-0.39, 0.29) is 11.6 Å². The molecule has 0 fully saturated rings. The van der Waals surface area contributed by atoms with Gasteiger partial charge in [-0.1, -0.05) is 323 Å². The minimum atomic E-state index is -0.0491. The van der Waals surface area contributed by atoms with E-state index in [9.17, 15) is 9.59 Å². The van der Waals surface area contributed by atoms with Crippen molar-refractivity contribution < 1.29 is 14.3 Å². The van der Waals surface area contributed by atoms with Gasteiger partial charge in [0, 0.05) is 22.3 Å². The molecule has 0 amide bonds. The van der Waals surface area contributed by atoms with Crippen LogP contribution >= 0.6 is 0 Å². The molecule has 90 heavy (non-hydrogen) atoms. The van der Waals surface area contributed by atoms with Gasteiger partial charge in [0.1, 0.15) is 11.5 Å². The van der Waals surface area contributed by atoms with E-state index < -0.39 is 0 Å². The number of carbonyl (C=O) groups excluding carboxylic acids is 2. The van der Waals surface area contributed by atoms with Crippen LogP contribution in [0.5, 0.6) is 11.5 Å². The molecule has 0 radical (unpaired) electrons. The Bertz CT molecular complexity index is 3310. The number of fused-ring (bicyclic) bond motifs is 2. The average Bonchev–Trinajstić information content (AvgIpc) is 0.864. The van der Waals surface area contributed by atoms with Crippen molar-refractivity contribution in [2.75, 3.05) is 0 Å². The van der Waals surface area contributed by atoms with E-state index in [1.54, 1.807) is 12.1 Å². The Hall–Kier alpha value is -8.66. The number of carbonyl (C=O) groups is 2. The van der Waals surface area contributed by atoms with Gasteiger partial charge in [0.25, 0.3) is 0 Å². The SMILES string of the molecule is CC.CC.CC.CC.CC.CC.Cc1cc(C)cc(-c2ccccc2)c1.Cc1cc(C)cc(Cc2ccccc2)c1.Cc1cc(C)cc(Oc2ccccc2)c1.Cc1cccc(C)c1.Cc1cccc2c1C(=O)c1c(C)cccc1C2=O.Cc1ccccc1C. The van der Waals surface area contributed by atoms with Crippen molar-refractivity contribution in [3.05, 3.63) is 331 Å². The maximum Gasteiger partial charge on any atom is 0.195 e. The van der Waals surface area contributed by atoms with Gasteiger partial charge < -0.3 is 4.74 Å². The van der Waals surface area contributed by atoms with Crippen LogP contribution in [0.25, 0.3) is 11.1 Å². The molecule has 0 N–H and O–H groups in total. The topological polar surface area (TPSA) is 43.4 Å². The van der Waals surface area contributed by atoms with Gasteiger partial charge in [0.15, 0.2) is 11.6 Å². The maximum absolute atomic E-state index is 12.5. The summed E-state index contributed by atoms with van der Waals surface area (Å²) in [6.45, 7) is 48.9. The number of ketones is 2. The highest BCUT2D eigenvalue weighted by Crippen LogP contribution is 2.31. The Morgan fingerprint density at radius 1 is 0.244 bits per heavy atom. The van der Waals surface area contributed by atoms with Crippen LogP contribution in [0.15, 0.2) is 231 Å². The molecule has 0 aliphatic heterocycles. The van der Waals surface area contributed by atoms with Crippen molar-refractivity contribution in [3.8, 4) is 22.6 Å². The fourth-order valence-corrected chi connectivity index (χ4v) is 9.45. The lowest BCUT2D eigenvalue weighted by Gasteiger charge is -2.20. The molecule has 0 spiro atoms. The Balaban J connectivity index is 0.00000104. The standard InChI is InChI=1S/C16H12O2.C15H16.C14H14O.C14H14.2C8H10.6C2H6/c1-9-5-3-7-11-13(9)16(18)14-10(2)6-4-8-12(14)15(11)17;1-12-8-13(2)10-15(9-12)11-14-6-4-3-5-7-14;1-11-8-12(2)10-14(9-11)15-13-6-4-3-5-7-13;1-11-8-12(2)10-14(9-11)13-6-4-3-5-7-13;1-7-4-3-5-8(2)6-7;1-7-5-3-4-6-8(7)2;6*1-2/h3-8H,1-2H3;3-10H,11H2,1-2H3;3-10H,1-2H3;3-10H,1-2H3;2*3-6H,1-2H3;6*1-2H3. The van der Waals surface area contributed by atoms with Crippen molar-refractivity contribution in [3.63, 3.8) is 0 Å². The third-order valence-electron chi connectivity index (χ3n) is 13.1. The van der Waals surface area contributed by atoms with E-state index in [1.165, 1.54) is 77.9 Å². The quantitative estimate of drug-likeness (QED) is 0.172. The normalized spacial score (nSPS) is 9.64. The predicted octanol–water partition coefficient (Wildman–Crippen LogP) is 25.8. The lowest BCUT2D eigenvalue weighted by Crippen LogP contribution is -2.22. The monoisotopic (exact) mass is 1200 g/mol. The highest BCUT2D eigenvalue weighted by molar-refractivity contribution is 6.29. The third kappa shape index (κ3) is 29.6. The zero-order chi connectivity index (χ0) is 68.1. The smallest absolute Gasteiger partial charge is 0.195 e. The second kappa shape index (κ2) is 47.4. The first-order chi connectivity index (χ1) is 43.4. The minimum absolute atomic E-state index is 0.0317. The lowest BCUT2D eigenvalue weighted by atomic mass is 9.80. The molecule has 3 heteroatoms. The van der Waals surface area contributed by atoms with Crippen LogP contribution in [0.4, 0.5) is 0 Å². The van der Waals surface area contributed by atoms with E-state index in [0.29, 0.717) is 22.3 Å². The number of aryl methyl sites for hydroxylation is 12. The van der Waals surface area contributed by atoms with Crippen LogP contribution in [0.2, 0.25) is 0 Å². The molecular formula is C87H112O3. The predicted molar refractivity (Wildman–Crippen MR) is 398 cm³/mol. The second-order valence-corrected chi connectivity index (χ2v) is 20.5. The maximum atomic E-state index is 12.5. The minimum Gasteiger partial charge on any atom is -0.457 e. The van der Waals surface area contributed by atoms with Crippen LogP contribution in [0.1, 0.15) is 193 Å². The Kier molecular flexibility index (Phi) is 42.8. The summed E-state index contributed by atoms with van der Waals surface area (Å²) in [6, 6.07) is 78.2. The largest absolute Gasteiger partial charge is 0.457 e. The molecule has 0 saturated carbocycles. The van der Waals surface area contributed by atoms with Crippen LogP contribution in [-0.2, 0) is 6.42 Å². The molecule has 10 aromatic carbocycles. The molecule has 478 valence electrons. The van der Waals surface area contributed by atoms with Crippen LogP contribution in [0.3, 0.4) is 0 Å². The average molecular weight is 1210 g/mol. The molecule has 0 heterocycles. The van der Waals surface area contributed by atoms with Gasteiger partial charge in [-0.15, -0.1) is 0 Å². The fourth-order valence-electron chi connectivity index (χ4n) is 9.45. The number of hydrogen-bond donors (Lipinski definition) is 0. The summed E-state index contributed by atoms with van der Waals surface area (Å²) >= 11 is 0. The van der Waals surface area contributed by atoms with Gasteiger partial charge in [-0.2, -0.15) is 0 Å². The number of rotatable bonds is 5. The van der Waals surface area contributed by atoms with Crippen molar-refractivity contribution >= 4 is 11.6 Å². The first-order valence-corrected chi connectivity index (χ1v) is 32.8. The molecule has 1 aliphatic rings. The molecule has 10 aromatic rings. The van der Waals surface area contributed by atoms with Crippen LogP contribution < -0.4 is 4.74 Å². The molecule has 1 aliphatic carbocycles. The number of para-hydroxylation sites is 1. The molecular weight excluding hydrogens is 1090 g/mol. The highest BCUT2D eigenvalue weighted by atomic mass is 16.5. The van der Waals surface area contributed by atoms with Gasteiger partial charge in [-0.3, -0.25) is 9.59 Å². The number of hydrogen-bond acceptors (Lipinski definition) is 3. The molecule has 11 rings (SSSR count).